The fourth-order valence-corrected chi connectivity index (χ4v) is 2.93. The Labute approximate surface area is 136 Å². The Morgan fingerprint density at radius 1 is 1.58 bits per heavy atom. The molecule has 1 aliphatic heterocycles. The minimum Gasteiger partial charge on any atom is -0.481 e. The second-order valence-corrected chi connectivity index (χ2v) is 5.75. The normalized spacial score (nSPS) is 30.0. The molecule has 24 heavy (non-hydrogen) atoms. The summed E-state index contributed by atoms with van der Waals surface area (Å²) in [5.74, 6) is -0.0913. The van der Waals surface area contributed by atoms with E-state index in [0.717, 1.165) is 0 Å². The van der Waals surface area contributed by atoms with Crippen LogP contribution in [-0.4, -0.2) is 62.2 Å². The van der Waals surface area contributed by atoms with Gasteiger partial charge in [-0.2, -0.15) is 0 Å². The lowest BCUT2D eigenvalue weighted by Crippen LogP contribution is -2.40. The molecule has 10 heteroatoms. The molecule has 1 fully saturated rings. The van der Waals surface area contributed by atoms with Gasteiger partial charge in [0, 0.05) is 6.20 Å². The molecule has 0 bridgehead atoms. The maximum atomic E-state index is 15.0. The van der Waals surface area contributed by atoms with Gasteiger partial charge < -0.3 is 30.0 Å². The van der Waals surface area contributed by atoms with Crippen molar-refractivity contribution in [1.82, 2.24) is 14.5 Å². The SMILES string of the molecule is COC(=N)c1cn([C@H]2OC(CO)[C@@H](O)[C@@]2(C)F)c2ncnc(N)c12. The summed E-state index contributed by atoms with van der Waals surface area (Å²) >= 11 is 0. The summed E-state index contributed by atoms with van der Waals surface area (Å²) in [5.41, 5.74) is 4.19. The van der Waals surface area contributed by atoms with Crippen LogP contribution < -0.4 is 5.73 Å². The first-order valence-electron chi connectivity index (χ1n) is 7.20. The smallest absolute Gasteiger partial charge is 0.215 e. The van der Waals surface area contributed by atoms with Crippen LogP contribution in [0.4, 0.5) is 10.2 Å². The number of aromatic nitrogens is 3. The number of aliphatic hydroxyl groups is 2. The number of halogens is 1. The summed E-state index contributed by atoms with van der Waals surface area (Å²) in [6.07, 6.45) is -1.24. The molecule has 0 aromatic carbocycles. The summed E-state index contributed by atoms with van der Waals surface area (Å²) in [5, 5.41) is 27.5. The third-order valence-corrected chi connectivity index (χ3v) is 4.24. The van der Waals surface area contributed by atoms with Crippen LogP contribution in [0.1, 0.15) is 18.7 Å². The molecule has 5 N–H and O–H groups in total. The molecule has 0 amide bonds. The van der Waals surface area contributed by atoms with Crippen LogP contribution in [0.25, 0.3) is 11.0 Å². The van der Waals surface area contributed by atoms with Gasteiger partial charge in [0.05, 0.1) is 24.7 Å². The standard InChI is InChI=1S/C14H18FN5O4/c1-14(15)9(22)7(4-21)24-13(14)20-3-6(11(17)23-2)8-10(16)18-5-19-12(8)20/h3,5,7,9,13,17,21-22H,4H2,1-2H3,(H2,16,18,19)/t7?,9-,13+,14-/m1/s1. The van der Waals surface area contributed by atoms with Crippen molar-refractivity contribution in [2.24, 2.45) is 0 Å². The van der Waals surface area contributed by atoms with Crippen LogP contribution in [0.2, 0.25) is 0 Å². The fourth-order valence-electron chi connectivity index (χ4n) is 2.93. The lowest BCUT2D eigenvalue weighted by Gasteiger charge is -2.25. The van der Waals surface area contributed by atoms with Crippen molar-refractivity contribution >= 4 is 22.7 Å². The molecule has 0 aliphatic carbocycles. The minimum atomic E-state index is -2.19. The van der Waals surface area contributed by atoms with Crippen molar-refractivity contribution in [1.29, 1.82) is 5.41 Å². The van der Waals surface area contributed by atoms with E-state index < -0.39 is 30.7 Å². The fraction of sp³-hybridized carbons (Fsp3) is 0.500. The van der Waals surface area contributed by atoms with E-state index in [9.17, 15) is 10.2 Å². The van der Waals surface area contributed by atoms with Gasteiger partial charge in [0.25, 0.3) is 0 Å². The average Bonchev–Trinajstić information content (AvgIpc) is 3.04. The third-order valence-electron chi connectivity index (χ3n) is 4.24. The summed E-state index contributed by atoms with van der Waals surface area (Å²) in [7, 11) is 1.32. The highest BCUT2D eigenvalue weighted by atomic mass is 19.1. The quantitative estimate of drug-likeness (QED) is 0.454. The predicted molar refractivity (Wildman–Crippen MR) is 82.3 cm³/mol. The molecule has 2 aromatic heterocycles. The van der Waals surface area contributed by atoms with Gasteiger partial charge in [0.15, 0.2) is 11.9 Å². The average molecular weight is 339 g/mol. The number of nitrogen functional groups attached to an aromatic ring is 1. The van der Waals surface area contributed by atoms with E-state index in [2.05, 4.69) is 9.97 Å². The van der Waals surface area contributed by atoms with E-state index in [4.69, 9.17) is 20.6 Å². The molecule has 4 atom stereocenters. The lowest BCUT2D eigenvalue weighted by atomic mass is 9.98. The summed E-state index contributed by atoms with van der Waals surface area (Å²) < 4.78 is 26.8. The molecule has 2 aromatic rings. The zero-order valence-corrected chi connectivity index (χ0v) is 13.1. The highest BCUT2D eigenvalue weighted by Crippen LogP contribution is 2.43. The largest absolute Gasteiger partial charge is 0.481 e. The van der Waals surface area contributed by atoms with Gasteiger partial charge in [0.1, 0.15) is 30.0 Å². The first-order valence-corrected chi connectivity index (χ1v) is 7.20. The van der Waals surface area contributed by atoms with Crippen LogP contribution in [0, 0.1) is 5.41 Å². The zero-order valence-electron chi connectivity index (χ0n) is 13.1. The second-order valence-electron chi connectivity index (χ2n) is 5.75. The number of fused-ring (bicyclic) bond motifs is 1. The molecule has 1 aliphatic rings. The summed E-state index contributed by atoms with van der Waals surface area (Å²) in [4.78, 5) is 7.98. The van der Waals surface area contributed by atoms with Crippen LogP contribution in [0.15, 0.2) is 12.5 Å². The highest BCUT2D eigenvalue weighted by Gasteiger charge is 2.55. The zero-order chi connectivity index (χ0) is 17.6. The van der Waals surface area contributed by atoms with Crippen molar-refractivity contribution < 1.29 is 24.1 Å². The highest BCUT2D eigenvalue weighted by molar-refractivity contribution is 6.08. The maximum Gasteiger partial charge on any atom is 0.215 e. The van der Waals surface area contributed by atoms with Gasteiger partial charge in [-0.15, -0.1) is 0 Å². The number of hydrogen-bond donors (Lipinski definition) is 4. The number of ether oxygens (including phenoxy) is 2. The molecule has 0 spiro atoms. The molecular formula is C14H18FN5O4. The van der Waals surface area contributed by atoms with E-state index in [1.165, 1.54) is 31.1 Å². The van der Waals surface area contributed by atoms with Gasteiger partial charge >= 0.3 is 0 Å². The second kappa shape index (κ2) is 5.65. The van der Waals surface area contributed by atoms with Crippen LogP contribution in [-0.2, 0) is 9.47 Å². The summed E-state index contributed by atoms with van der Waals surface area (Å²) in [6, 6.07) is 0. The number of methoxy groups -OCH3 is 1. The number of alkyl halides is 1. The first kappa shape index (κ1) is 16.6. The van der Waals surface area contributed by atoms with Crippen LogP contribution >= 0.6 is 0 Å². The van der Waals surface area contributed by atoms with Gasteiger partial charge in [-0.25, -0.2) is 14.4 Å². The van der Waals surface area contributed by atoms with Gasteiger partial charge in [-0.05, 0) is 6.92 Å². The van der Waals surface area contributed by atoms with E-state index in [0.29, 0.717) is 5.39 Å². The Bertz CT molecular complexity index is 793. The Morgan fingerprint density at radius 2 is 2.29 bits per heavy atom. The molecule has 1 saturated heterocycles. The minimum absolute atomic E-state index is 0.105. The van der Waals surface area contributed by atoms with Crippen molar-refractivity contribution in [3.8, 4) is 0 Å². The molecule has 3 rings (SSSR count). The van der Waals surface area contributed by atoms with Crippen molar-refractivity contribution in [2.75, 3.05) is 19.5 Å². The molecular weight excluding hydrogens is 321 g/mol. The Kier molecular flexibility index (Phi) is 3.90. The van der Waals surface area contributed by atoms with E-state index in [1.54, 1.807) is 0 Å². The van der Waals surface area contributed by atoms with E-state index in [1.807, 2.05) is 0 Å². The number of nitrogens with one attached hydrogen (secondary N) is 1. The van der Waals surface area contributed by atoms with Crippen LogP contribution in [0.5, 0.6) is 0 Å². The maximum absolute atomic E-state index is 15.0. The molecule has 1 unspecified atom stereocenters. The van der Waals surface area contributed by atoms with E-state index in [-0.39, 0.29) is 22.9 Å². The summed E-state index contributed by atoms with van der Waals surface area (Å²) in [6.45, 7) is 0.643. The Balaban J connectivity index is 2.21. The predicted octanol–water partition coefficient (Wildman–Crippen LogP) is -0.0359. The first-order chi connectivity index (χ1) is 11.3. The number of aliphatic hydroxyl groups excluding tert-OH is 2. The molecule has 130 valence electrons. The molecule has 3 heterocycles. The van der Waals surface area contributed by atoms with Crippen LogP contribution in [0.3, 0.4) is 0 Å². The Morgan fingerprint density at radius 3 is 2.88 bits per heavy atom. The van der Waals surface area contributed by atoms with Gasteiger partial charge in [-0.3, -0.25) is 5.41 Å². The Hall–Kier alpha value is -2.30. The number of hydrogen-bond acceptors (Lipinski definition) is 8. The van der Waals surface area contributed by atoms with E-state index >= 15 is 4.39 Å². The van der Waals surface area contributed by atoms with Crippen molar-refractivity contribution in [3.63, 3.8) is 0 Å². The topological polar surface area (TPSA) is 140 Å². The molecule has 0 radical (unpaired) electrons. The number of nitrogens with two attached hydrogens (primary N) is 1. The third kappa shape index (κ3) is 2.22. The van der Waals surface area contributed by atoms with Gasteiger partial charge in [0.2, 0.25) is 5.90 Å². The monoisotopic (exact) mass is 339 g/mol. The number of rotatable bonds is 3. The van der Waals surface area contributed by atoms with Crippen molar-refractivity contribution in [2.45, 2.75) is 31.0 Å². The number of nitrogens with zero attached hydrogens (tertiary/aromatic N) is 3. The van der Waals surface area contributed by atoms with Gasteiger partial charge in [-0.1, -0.05) is 0 Å². The van der Waals surface area contributed by atoms with Crippen molar-refractivity contribution in [3.05, 3.63) is 18.1 Å². The molecule has 0 saturated carbocycles. The molecule has 9 nitrogen and oxygen atoms in total. The number of anilines is 1. The lowest BCUT2D eigenvalue weighted by molar-refractivity contribution is -0.0564.